The molecule has 8 nitrogen and oxygen atoms in total. The maximum absolute atomic E-state index is 13.0. The highest BCUT2D eigenvalue weighted by molar-refractivity contribution is 6.31. The average molecular weight is 451 g/mol. The number of hydrogen-bond donors (Lipinski definition) is 1. The predicted octanol–water partition coefficient (Wildman–Crippen LogP) is 1.28. The number of rotatable bonds is 6. The second kappa shape index (κ2) is 10.4. The highest BCUT2D eigenvalue weighted by atomic mass is 35.5. The van der Waals surface area contributed by atoms with E-state index in [-0.39, 0.29) is 29.7 Å². The smallest absolute Gasteiger partial charge is 0.327 e. The van der Waals surface area contributed by atoms with Crippen LogP contribution in [0.15, 0.2) is 24.3 Å². The van der Waals surface area contributed by atoms with Crippen molar-refractivity contribution in [3.05, 3.63) is 34.9 Å². The van der Waals surface area contributed by atoms with Crippen molar-refractivity contribution in [2.24, 2.45) is 11.7 Å². The fourth-order valence-corrected chi connectivity index (χ4v) is 4.73. The van der Waals surface area contributed by atoms with Crippen molar-refractivity contribution in [3.63, 3.8) is 0 Å². The first-order chi connectivity index (χ1) is 14.8. The van der Waals surface area contributed by atoms with Gasteiger partial charge in [0.25, 0.3) is 0 Å². The first-order valence-corrected chi connectivity index (χ1v) is 11.1. The SMILES string of the molecule is COC(=O)C(c1ccccc1Cl)N1CCN(C(C)C(=O)N2CCCC(C(N)=O)C2)CC1. The molecule has 0 spiro atoms. The van der Waals surface area contributed by atoms with Crippen LogP contribution in [0.5, 0.6) is 0 Å². The van der Waals surface area contributed by atoms with Gasteiger partial charge < -0.3 is 15.4 Å². The lowest BCUT2D eigenvalue weighted by molar-refractivity contribution is -0.149. The van der Waals surface area contributed by atoms with E-state index in [1.807, 2.05) is 30.0 Å². The maximum atomic E-state index is 13.0. The molecule has 2 aliphatic rings. The summed E-state index contributed by atoms with van der Waals surface area (Å²) in [5.41, 5.74) is 6.17. The van der Waals surface area contributed by atoms with Crippen molar-refractivity contribution in [1.82, 2.24) is 14.7 Å². The van der Waals surface area contributed by atoms with Gasteiger partial charge in [-0.2, -0.15) is 0 Å². The van der Waals surface area contributed by atoms with Gasteiger partial charge in [0, 0.05) is 44.3 Å². The molecule has 2 saturated heterocycles. The third-order valence-electron chi connectivity index (χ3n) is 6.38. The van der Waals surface area contributed by atoms with E-state index in [1.54, 1.807) is 11.0 Å². The zero-order valence-electron chi connectivity index (χ0n) is 18.1. The van der Waals surface area contributed by atoms with E-state index in [0.29, 0.717) is 44.3 Å². The fourth-order valence-electron chi connectivity index (χ4n) is 4.49. The highest BCUT2D eigenvalue weighted by Gasteiger charge is 2.36. The normalized spacial score (nSPS) is 22.5. The zero-order valence-corrected chi connectivity index (χ0v) is 18.9. The first-order valence-electron chi connectivity index (χ1n) is 10.7. The minimum Gasteiger partial charge on any atom is -0.468 e. The fraction of sp³-hybridized carbons (Fsp3) is 0.591. The van der Waals surface area contributed by atoms with E-state index in [9.17, 15) is 14.4 Å². The number of nitrogens with two attached hydrogens (primary N) is 1. The second-order valence-corrected chi connectivity index (χ2v) is 8.63. The van der Waals surface area contributed by atoms with E-state index in [0.717, 1.165) is 18.4 Å². The summed E-state index contributed by atoms with van der Waals surface area (Å²) in [6.45, 7) is 5.44. The van der Waals surface area contributed by atoms with Gasteiger partial charge >= 0.3 is 5.97 Å². The highest BCUT2D eigenvalue weighted by Crippen LogP contribution is 2.30. The number of ether oxygens (including phenoxy) is 1. The molecule has 3 rings (SSSR count). The number of amides is 2. The molecular formula is C22H31ClN4O4. The first kappa shape index (κ1) is 23.5. The molecule has 0 aliphatic carbocycles. The van der Waals surface area contributed by atoms with E-state index >= 15 is 0 Å². The maximum Gasteiger partial charge on any atom is 0.327 e. The summed E-state index contributed by atoms with van der Waals surface area (Å²) in [6, 6.07) is 6.41. The number of benzene rings is 1. The lowest BCUT2D eigenvalue weighted by atomic mass is 9.97. The Morgan fingerprint density at radius 1 is 1.10 bits per heavy atom. The molecule has 0 aromatic heterocycles. The van der Waals surface area contributed by atoms with Gasteiger partial charge in [0.15, 0.2) is 0 Å². The molecule has 0 saturated carbocycles. The molecule has 31 heavy (non-hydrogen) atoms. The summed E-state index contributed by atoms with van der Waals surface area (Å²) in [4.78, 5) is 43.0. The summed E-state index contributed by atoms with van der Waals surface area (Å²) in [6.07, 6.45) is 1.53. The van der Waals surface area contributed by atoms with Crippen LogP contribution in [0.1, 0.15) is 31.4 Å². The molecule has 9 heteroatoms. The topological polar surface area (TPSA) is 96.2 Å². The minimum absolute atomic E-state index is 0.0232. The molecule has 1 aromatic carbocycles. The van der Waals surface area contributed by atoms with Gasteiger partial charge in [-0.1, -0.05) is 29.8 Å². The van der Waals surface area contributed by atoms with Crippen molar-refractivity contribution in [1.29, 1.82) is 0 Å². The Balaban J connectivity index is 1.63. The molecule has 0 radical (unpaired) electrons. The van der Waals surface area contributed by atoms with Gasteiger partial charge in [0.2, 0.25) is 11.8 Å². The number of likely N-dealkylation sites (tertiary alicyclic amines) is 1. The quantitative estimate of drug-likeness (QED) is 0.656. The summed E-state index contributed by atoms with van der Waals surface area (Å²) >= 11 is 6.35. The average Bonchev–Trinajstić information content (AvgIpc) is 2.79. The van der Waals surface area contributed by atoms with Crippen molar-refractivity contribution < 1.29 is 19.1 Å². The van der Waals surface area contributed by atoms with Crippen LogP contribution in [0.2, 0.25) is 5.02 Å². The Morgan fingerprint density at radius 3 is 2.35 bits per heavy atom. The van der Waals surface area contributed by atoms with Gasteiger partial charge in [-0.15, -0.1) is 0 Å². The Morgan fingerprint density at radius 2 is 1.74 bits per heavy atom. The number of piperidine rings is 1. The molecule has 2 heterocycles. The van der Waals surface area contributed by atoms with Crippen molar-refractivity contribution in [3.8, 4) is 0 Å². The summed E-state index contributed by atoms with van der Waals surface area (Å²) in [5, 5.41) is 0.526. The van der Waals surface area contributed by atoms with Crippen LogP contribution in [-0.4, -0.2) is 84.9 Å². The largest absolute Gasteiger partial charge is 0.468 e. The molecule has 0 bridgehead atoms. The Labute approximate surface area is 188 Å². The standard InChI is InChI=1S/C22H31ClN4O4/c1-15(21(29)27-9-5-6-16(14-27)20(24)28)25-10-12-26(13-11-25)19(22(30)31-2)17-7-3-4-8-18(17)23/h3-4,7-8,15-16,19H,5-6,9-14H2,1-2H3,(H2,24,28). The number of esters is 1. The second-order valence-electron chi connectivity index (χ2n) is 8.22. The zero-order chi connectivity index (χ0) is 22.5. The number of nitrogens with zero attached hydrogens (tertiary/aromatic N) is 3. The Hall–Kier alpha value is -2.16. The molecule has 2 aliphatic heterocycles. The summed E-state index contributed by atoms with van der Waals surface area (Å²) in [7, 11) is 1.38. The summed E-state index contributed by atoms with van der Waals surface area (Å²) in [5.74, 6) is -0.933. The van der Waals surface area contributed by atoms with Crippen LogP contribution in [-0.2, 0) is 19.1 Å². The number of carbonyl (C=O) groups excluding carboxylic acids is 3. The van der Waals surface area contributed by atoms with Crippen LogP contribution >= 0.6 is 11.6 Å². The molecule has 3 atom stereocenters. The van der Waals surface area contributed by atoms with Crippen LogP contribution in [0.4, 0.5) is 0 Å². The number of hydrogen-bond acceptors (Lipinski definition) is 6. The van der Waals surface area contributed by atoms with E-state index in [1.165, 1.54) is 7.11 Å². The molecule has 1 aromatic rings. The molecule has 2 amide bonds. The lowest BCUT2D eigenvalue weighted by Crippen LogP contribution is -2.57. The molecule has 2 N–H and O–H groups in total. The van der Waals surface area contributed by atoms with Crippen LogP contribution in [0.3, 0.4) is 0 Å². The molecule has 2 fully saturated rings. The number of halogens is 1. The predicted molar refractivity (Wildman–Crippen MR) is 117 cm³/mol. The van der Waals surface area contributed by atoms with Crippen LogP contribution in [0.25, 0.3) is 0 Å². The number of carbonyl (C=O) groups is 3. The van der Waals surface area contributed by atoms with E-state index in [2.05, 4.69) is 4.90 Å². The molecule has 3 unspecified atom stereocenters. The van der Waals surface area contributed by atoms with Gasteiger partial charge in [0.1, 0.15) is 6.04 Å². The van der Waals surface area contributed by atoms with E-state index in [4.69, 9.17) is 22.1 Å². The van der Waals surface area contributed by atoms with Crippen LogP contribution < -0.4 is 5.73 Å². The number of methoxy groups -OCH3 is 1. The third kappa shape index (κ3) is 5.37. The molecule has 170 valence electrons. The third-order valence-corrected chi connectivity index (χ3v) is 6.72. The van der Waals surface area contributed by atoms with Crippen molar-refractivity contribution in [2.75, 3.05) is 46.4 Å². The Bertz CT molecular complexity index is 812. The number of primary amides is 1. The number of piperazine rings is 1. The van der Waals surface area contributed by atoms with Gasteiger partial charge in [0.05, 0.1) is 19.1 Å². The Kier molecular flexibility index (Phi) is 7.91. The van der Waals surface area contributed by atoms with Gasteiger partial charge in [-0.05, 0) is 31.4 Å². The monoisotopic (exact) mass is 450 g/mol. The minimum atomic E-state index is -0.578. The lowest BCUT2D eigenvalue weighted by Gasteiger charge is -2.42. The van der Waals surface area contributed by atoms with Crippen LogP contribution in [0, 0.1) is 5.92 Å². The van der Waals surface area contributed by atoms with Gasteiger partial charge in [-0.25, -0.2) is 4.79 Å². The summed E-state index contributed by atoms with van der Waals surface area (Å²) < 4.78 is 5.04. The van der Waals surface area contributed by atoms with Gasteiger partial charge in [-0.3, -0.25) is 19.4 Å². The van der Waals surface area contributed by atoms with Crippen molar-refractivity contribution >= 4 is 29.4 Å². The molecular weight excluding hydrogens is 420 g/mol. The van der Waals surface area contributed by atoms with Crippen molar-refractivity contribution in [2.45, 2.75) is 31.8 Å². The van der Waals surface area contributed by atoms with E-state index < -0.39 is 6.04 Å².